The van der Waals surface area contributed by atoms with E-state index in [0.29, 0.717) is 10.0 Å². The molecule has 0 spiro atoms. The molecule has 3 nitrogen and oxygen atoms in total. The Balaban J connectivity index is 2.31. The summed E-state index contributed by atoms with van der Waals surface area (Å²) in [5, 5.41) is 13.4. The Labute approximate surface area is 115 Å². The summed E-state index contributed by atoms with van der Waals surface area (Å²) < 4.78 is 13.9. The number of piperazine rings is 1. The summed E-state index contributed by atoms with van der Waals surface area (Å²) >= 11 is 3.20. The number of phenols is 1. The average molecular weight is 317 g/mol. The van der Waals surface area contributed by atoms with Crippen molar-refractivity contribution < 1.29 is 9.50 Å². The highest BCUT2D eigenvalue weighted by atomic mass is 79.9. The number of hydrogen-bond acceptors (Lipinski definition) is 3. The van der Waals surface area contributed by atoms with Crippen molar-refractivity contribution in [3.05, 3.63) is 28.0 Å². The molecule has 0 aromatic heterocycles. The molecule has 1 aliphatic heterocycles. The van der Waals surface area contributed by atoms with Crippen molar-refractivity contribution in [2.75, 3.05) is 26.2 Å². The van der Waals surface area contributed by atoms with E-state index >= 15 is 0 Å². The van der Waals surface area contributed by atoms with Gasteiger partial charge in [-0.3, -0.25) is 4.90 Å². The van der Waals surface area contributed by atoms with Crippen LogP contribution in [0.25, 0.3) is 0 Å². The molecule has 1 fully saturated rings. The summed E-state index contributed by atoms with van der Waals surface area (Å²) in [6.45, 7) is 5.78. The van der Waals surface area contributed by atoms with Gasteiger partial charge in [0.05, 0.1) is 4.47 Å². The summed E-state index contributed by atoms with van der Waals surface area (Å²) in [6, 6.07) is 2.80. The number of halogens is 2. The zero-order valence-corrected chi connectivity index (χ0v) is 12.0. The quantitative estimate of drug-likeness (QED) is 0.900. The molecular weight excluding hydrogens is 299 g/mol. The first-order valence-corrected chi connectivity index (χ1v) is 7.05. The van der Waals surface area contributed by atoms with Crippen molar-refractivity contribution in [3.8, 4) is 5.75 Å². The lowest BCUT2D eigenvalue weighted by molar-refractivity contribution is 0.166. The zero-order valence-electron chi connectivity index (χ0n) is 10.4. The minimum atomic E-state index is -0.316. The van der Waals surface area contributed by atoms with Crippen LogP contribution >= 0.6 is 15.9 Å². The lowest BCUT2D eigenvalue weighted by atomic mass is 10.0. The Morgan fingerprint density at radius 2 is 2.11 bits per heavy atom. The predicted octanol–water partition coefficient (Wildman–Crippen LogP) is 2.65. The van der Waals surface area contributed by atoms with Crippen LogP contribution in [0.1, 0.15) is 24.9 Å². The van der Waals surface area contributed by atoms with Crippen LogP contribution < -0.4 is 5.32 Å². The Morgan fingerprint density at radius 3 is 2.72 bits per heavy atom. The first-order valence-electron chi connectivity index (χ1n) is 6.26. The van der Waals surface area contributed by atoms with Crippen LogP contribution in [-0.2, 0) is 0 Å². The molecular formula is C13H18BrFN2O. The minimum Gasteiger partial charge on any atom is -0.506 e. The zero-order chi connectivity index (χ0) is 13.1. The highest BCUT2D eigenvalue weighted by Gasteiger charge is 2.24. The normalized spacial score (nSPS) is 18.8. The van der Waals surface area contributed by atoms with Gasteiger partial charge in [0, 0.05) is 37.8 Å². The molecule has 100 valence electrons. The van der Waals surface area contributed by atoms with Crippen molar-refractivity contribution in [2.24, 2.45) is 0 Å². The number of nitrogens with zero attached hydrogens (tertiary/aromatic N) is 1. The Hall–Kier alpha value is -0.650. The van der Waals surface area contributed by atoms with Crippen LogP contribution in [-0.4, -0.2) is 36.2 Å². The summed E-state index contributed by atoms with van der Waals surface area (Å²) in [6.07, 6.45) is 0.851. The van der Waals surface area contributed by atoms with Crippen LogP contribution in [0.4, 0.5) is 4.39 Å². The van der Waals surface area contributed by atoms with Gasteiger partial charge in [0.25, 0.3) is 0 Å². The summed E-state index contributed by atoms with van der Waals surface area (Å²) in [5.74, 6) is -0.162. The van der Waals surface area contributed by atoms with E-state index in [4.69, 9.17) is 0 Å². The molecule has 2 rings (SSSR count). The number of nitrogens with one attached hydrogen (secondary N) is 1. The van der Waals surface area contributed by atoms with Crippen LogP contribution in [0, 0.1) is 5.82 Å². The van der Waals surface area contributed by atoms with Gasteiger partial charge in [-0.1, -0.05) is 6.92 Å². The molecule has 1 saturated heterocycles. The van der Waals surface area contributed by atoms with Crippen LogP contribution in [0.5, 0.6) is 5.75 Å². The largest absolute Gasteiger partial charge is 0.506 e. The molecule has 1 aliphatic rings. The fourth-order valence-electron chi connectivity index (χ4n) is 2.51. The van der Waals surface area contributed by atoms with E-state index in [-0.39, 0.29) is 17.6 Å². The van der Waals surface area contributed by atoms with Gasteiger partial charge in [-0.05, 0) is 34.5 Å². The van der Waals surface area contributed by atoms with Gasteiger partial charge in [0.1, 0.15) is 11.6 Å². The molecule has 18 heavy (non-hydrogen) atoms. The van der Waals surface area contributed by atoms with Gasteiger partial charge in [-0.25, -0.2) is 4.39 Å². The van der Waals surface area contributed by atoms with Crippen molar-refractivity contribution in [1.82, 2.24) is 10.2 Å². The number of benzene rings is 1. The van der Waals surface area contributed by atoms with Gasteiger partial charge < -0.3 is 10.4 Å². The van der Waals surface area contributed by atoms with E-state index in [0.717, 1.165) is 32.6 Å². The average Bonchev–Trinajstić information content (AvgIpc) is 2.37. The second kappa shape index (κ2) is 5.99. The maximum absolute atomic E-state index is 13.5. The van der Waals surface area contributed by atoms with Crippen molar-refractivity contribution in [3.63, 3.8) is 0 Å². The van der Waals surface area contributed by atoms with Crippen molar-refractivity contribution in [2.45, 2.75) is 19.4 Å². The minimum absolute atomic E-state index is 0.0686. The fraction of sp³-hybridized carbons (Fsp3) is 0.538. The maximum Gasteiger partial charge on any atom is 0.134 e. The molecule has 1 aromatic rings. The highest BCUT2D eigenvalue weighted by molar-refractivity contribution is 9.10. The fourth-order valence-corrected chi connectivity index (χ4v) is 2.96. The van der Waals surface area contributed by atoms with Gasteiger partial charge in [0.2, 0.25) is 0 Å². The van der Waals surface area contributed by atoms with E-state index in [2.05, 4.69) is 33.1 Å². The van der Waals surface area contributed by atoms with Crippen molar-refractivity contribution >= 4 is 15.9 Å². The van der Waals surface area contributed by atoms with Crippen LogP contribution in [0.3, 0.4) is 0 Å². The second-order valence-electron chi connectivity index (χ2n) is 4.54. The summed E-state index contributed by atoms with van der Waals surface area (Å²) in [5.41, 5.74) is 0.672. The molecule has 0 saturated carbocycles. The van der Waals surface area contributed by atoms with E-state index in [1.54, 1.807) is 0 Å². The van der Waals surface area contributed by atoms with Crippen LogP contribution in [0.15, 0.2) is 16.6 Å². The number of hydrogen-bond donors (Lipinski definition) is 2. The third-order valence-electron chi connectivity index (χ3n) is 3.40. The summed E-state index contributed by atoms with van der Waals surface area (Å²) in [7, 11) is 0. The van der Waals surface area contributed by atoms with Gasteiger partial charge in [-0.15, -0.1) is 0 Å². The lowest BCUT2D eigenvalue weighted by Crippen LogP contribution is -2.45. The van der Waals surface area contributed by atoms with Crippen molar-refractivity contribution in [1.29, 1.82) is 0 Å². The maximum atomic E-state index is 13.5. The first-order chi connectivity index (χ1) is 8.63. The molecule has 5 heteroatoms. The van der Waals surface area contributed by atoms with Crippen LogP contribution in [0.2, 0.25) is 0 Å². The number of rotatable bonds is 3. The standard InChI is InChI=1S/C13H18BrFN2O/c1-2-12(17-5-3-16-4-6-17)10-7-9(15)8-11(14)13(10)18/h7-8,12,16,18H,2-6H2,1H3/t12-/m1/s1. The summed E-state index contributed by atoms with van der Waals surface area (Å²) in [4.78, 5) is 2.29. The first kappa shape index (κ1) is 13.8. The van der Waals surface area contributed by atoms with Gasteiger partial charge >= 0.3 is 0 Å². The smallest absolute Gasteiger partial charge is 0.134 e. The molecule has 2 N–H and O–H groups in total. The topological polar surface area (TPSA) is 35.5 Å². The Bertz CT molecular complexity index is 422. The van der Waals surface area contributed by atoms with Gasteiger partial charge in [0.15, 0.2) is 0 Å². The van der Waals surface area contributed by atoms with E-state index in [1.165, 1.54) is 12.1 Å². The SMILES string of the molecule is CC[C@H](c1cc(F)cc(Br)c1O)N1CCNCC1. The van der Waals surface area contributed by atoms with E-state index < -0.39 is 0 Å². The molecule has 0 unspecified atom stereocenters. The Morgan fingerprint density at radius 1 is 1.44 bits per heavy atom. The highest BCUT2D eigenvalue weighted by Crippen LogP contribution is 2.37. The predicted molar refractivity (Wildman–Crippen MR) is 73.2 cm³/mol. The molecule has 0 amide bonds. The van der Waals surface area contributed by atoms with Gasteiger partial charge in [-0.2, -0.15) is 0 Å². The monoisotopic (exact) mass is 316 g/mol. The Kier molecular flexibility index (Phi) is 4.59. The molecule has 0 bridgehead atoms. The third kappa shape index (κ3) is 2.84. The lowest BCUT2D eigenvalue weighted by Gasteiger charge is -2.35. The molecule has 0 aliphatic carbocycles. The van der Waals surface area contributed by atoms with E-state index in [9.17, 15) is 9.50 Å². The number of aromatic hydroxyl groups is 1. The molecule has 1 atom stereocenters. The third-order valence-corrected chi connectivity index (χ3v) is 4.00. The number of phenolic OH excluding ortho intramolecular Hbond substituents is 1. The van der Waals surface area contributed by atoms with E-state index in [1.807, 2.05) is 0 Å². The second-order valence-corrected chi connectivity index (χ2v) is 5.39. The molecule has 0 radical (unpaired) electrons. The molecule has 1 heterocycles. The molecule has 1 aromatic carbocycles.